The van der Waals surface area contributed by atoms with E-state index in [4.69, 9.17) is 0 Å². The van der Waals surface area contributed by atoms with Gasteiger partial charge in [-0.3, -0.25) is 0 Å². The van der Waals surface area contributed by atoms with Crippen molar-refractivity contribution in [2.45, 2.75) is 39.5 Å². The fourth-order valence-electron chi connectivity index (χ4n) is 3.67. The van der Waals surface area contributed by atoms with Crippen LogP contribution in [0.2, 0.25) is 0 Å². The SMILES string of the molecule is CC(C)CN1CCN(CCCC2CCN(C)CC2)CC1. The van der Waals surface area contributed by atoms with E-state index in [0.717, 1.165) is 11.8 Å². The topological polar surface area (TPSA) is 9.72 Å². The van der Waals surface area contributed by atoms with Crippen molar-refractivity contribution in [3.05, 3.63) is 0 Å². The van der Waals surface area contributed by atoms with Gasteiger partial charge in [-0.25, -0.2) is 0 Å². The van der Waals surface area contributed by atoms with Gasteiger partial charge in [-0.1, -0.05) is 13.8 Å². The summed E-state index contributed by atoms with van der Waals surface area (Å²) in [6, 6.07) is 0. The zero-order chi connectivity index (χ0) is 14.4. The molecule has 3 nitrogen and oxygen atoms in total. The van der Waals surface area contributed by atoms with E-state index >= 15 is 0 Å². The molecule has 2 saturated heterocycles. The van der Waals surface area contributed by atoms with Crippen molar-refractivity contribution >= 4 is 0 Å². The van der Waals surface area contributed by atoms with Crippen LogP contribution in [0, 0.1) is 11.8 Å². The summed E-state index contributed by atoms with van der Waals surface area (Å²) in [5, 5.41) is 0. The standard InChI is InChI=1S/C17H35N3/c1-16(2)15-20-13-11-19(12-14-20)8-4-5-17-6-9-18(3)10-7-17/h16-17H,4-15H2,1-3H3. The minimum Gasteiger partial charge on any atom is -0.306 e. The molecule has 0 amide bonds. The number of hydrogen-bond acceptors (Lipinski definition) is 3. The monoisotopic (exact) mass is 281 g/mol. The maximum absolute atomic E-state index is 2.69. The van der Waals surface area contributed by atoms with Crippen LogP contribution in [0.3, 0.4) is 0 Å². The third-order valence-electron chi connectivity index (χ3n) is 5.01. The van der Waals surface area contributed by atoms with E-state index in [1.807, 2.05) is 0 Å². The molecule has 0 aromatic heterocycles. The van der Waals surface area contributed by atoms with Crippen LogP contribution in [-0.2, 0) is 0 Å². The summed E-state index contributed by atoms with van der Waals surface area (Å²) >= 11 is 0. The molecule has 3 heteroatoms. The van der Waals surface area contributed by atoms with Crippen molar-refractivity contribution < 1.29 is 0 Å². The minimum absolute atomic E-state index is 0.811. The van der Waals surface area contributed by atoms with E-state index in [1.165, 1.54) is 78.0 Å². The van der Waals surface area contributed by atoms with Crippen LogP contribution < -0.4 is 0 Å². The van der Waals surface area contributed by atoms with Crippen molar-refractivity contribution in [3.8, 4) is 0 Å². The molecule has 2 rings (SSSR count). The number of piperazine rings is 1. The first-order chi connectivity index (χ1) is 9.63. The van der Waals surface area contributed by atoms with Crippen LogP contribution in [0.25, 0.3) is 0 Å². The van der Waals surface area contributed by atoms with E-state index in [-0.39, 0.29) is 0 Å². The van der Waals surface area contributed by atoms with Gasteiger partial charge >= 0.3 is 0 Å². The highest BCUT2D eigenvalue weighted by Crippen LogP contribution is 2.21. The van der Waals surface area contributed by atoms with Crippen LogP contribution in [0.4, 0.5) is 0 Å². The van der Waals surface area contributed by atoms with Crippen molar-refractivity contribution in [2.24, 2.45) is 11.8 Å². The molecule has 2 fully saturated rings. The number of hydrogen-bond donors (Lipinski definition) is 0. The maximum atomic E-state index is 2.69. The molecule has 2 aliphatic heterocycles. The highest BCUT2D eigenvalue weighted by molar-refractivity contribution is 4.74. The molecular weight excluding hydrogens is 246 g/mol. The Balaban J connectivity index is 1.53. The number of rotatable bonds is 6. The molecule has 0 saturated carbocycles. The first kappa shape index (κ1) is 16.3. The van der Waals surface area contributed by atoms with Gasteiger partial charge in [0, 0.05) is 32.7 Å². The highest BCUT2D eigenvalue weighted by Gasteiger charge is 2.19. The average Bonchev–Trinajstić information content (AvgIpc) is 2.42. The number of nitrogens with zero attached hydrogens (tertiary/aromatic N) is 3. The molecule has 0 bridgehead atoms. The fraction of sp³-hybridized carbons (Fsp3) is 1.00. The van der Waals surface area contributed by atoms with Gasteiger partial charge in [-0.15, -0.1) is 0 Å². The molecule has 2 heterocycles. The van der Waals surface area contributed by atoms with Crippen LogP contribution in [0.1, 0.15) is 39.5 Å². The predicted octanol–water partition coefficient (Wildman–Crippen LogP) is 2.38. The van der Waals surface area contributed by atoms with E-state index in [9.17, 15) is 0 Å². The Bertz CT molecular complexity index is 251. The highest BCUT2D eigenvalue weighted by atomic mass is 15.3. The van der Waals surface area contributed by atoms with Gasteiger partial charge in [0.2, 0.25) is 0 Å². The van der Waals surface area contributed by atoms with E-state index in [0.29, 0.717) is 0 Å². The lowest BCUT2D eigenvalue weighted by atomic mass is 9.92. The smallest absolute Gasteiger partial charge is 0.0110 e. The Morgan fingerprint density at radius 1 is 0.900 bits per heavy atom. The van der Waals surface area contributed by atoms with Crippen molar-refractivity contribution in [1.29, 1.82) is 0 Å². The molecule has 0 aromatic carbocycles. The Kier molecular flexibility index (Phi) is 6.79. The summed E-state index contributed by atoms with van der Waals surface area (Å²) in [5.41, 5.74) is 0. The summed E-state index contributed by atoms with van der Waals surface area (Å²) in [7, 11) is 2.26. The van der Waals surface area contributed by atoms with Crippen molar-refractivity contribution in [3.63, 3.8) is 0 Å². The predicted molar refractivity (Wildman–Crippen MR) is 87.2 cm³/mol. The molecule has 0 N–H and O–H groups in total. The first-order valence-electron chi connectivity index (χ1n) is 8.76. The fourth-order valence-corrected chi connectivity index (χ4v) is 3.67. The van der Waals surface area contributed by atoms with Crippen LogP contribution in [0.5, 0.6) is 0 Å². The molecule has 0 spiro atoms. The second-order valence-corrected chi connectivity index (χ2v) is 7.42. The molecule has 0 atom stereocenters. The Labute approximate surface area is 126 Å². The molecule has 0 aromatic rings. The van der Waals surface area contributed by atoms with E-state index in [1.54, 1.807) is 0 Å². The third kappa shape index (κ3) is 5.71. The van der Waals surface area contributed by atoms with Gasteiger partial charge in [-0.2, -0.15) is 0 Å². The minimum atomic E-state index is 0.811. The van der Waals surface area contributed by atoms with Crippen LogP contribution in [-0.4, -0.2) is 74.1 Å². The van der Waals surface area contributed by atoms with Gasteiger partial charge in [0.15, 0.2) is 0 Å². The Hall–Kier alpha value is -0.120. The third-order valence-corrected chi connectivity index (χ3v) is 5.01. The number of piperidine rings is 1. The lowest BCUT2D eigenvalue weighted by Crippen LogP contribution is -2.47. The quantitative estimate of drug-likeness (QED) is 0.740. The van der Waals surface area contributed by atoms with Crippen LogP contribution in [0.15, 0.2) is 0 Å². The second-order valence-electron chi connectivity index (χ2n) is 7.42. The summed E-state index contributed by atoms with van der Waals surface area (Å²) in [6.45, 7) is 15.1. The lowest BCUT2D eigenvalue weighted by molar-refractivity contribution is 0.117. The molecule has 118 valence electrons. The van der Waals surface area contributed by atoms with E-state index in [2.05, 4.69) is 35.6 Å². The summed E-state index contributed by atoms with van der Waals surface area (Å²) in [6.07, 6.45) is 5.73. The zero-order valence-corrected chi connectivity index (χ0v) is 14.0. The average molecular weight is 281 g/mol. The lowest BCUT2D eigenvalue weighted by Gasteiger charge is -2.36. The van der Waals surface area contributed by atoms with Crippen molar-refractivity contribution in [1.82, 2.24) is 14.7 Å². The molecule has 0 aliphatic carbocycles. The van der Waals surface area contributed by atoms with Gasteiger partial charge in [0.05, 0.1) is 0 Å². The summed E-state index contributed by atoms with van der Waals surface area (Å²) in [5.74, 6) is 1.82. The van der Waals surface area contributed by atoms with Crippen LogP contribution >= 0.6 is 0 Å². The van der Waals surface area contributed by atoms with Gasteiger partial charge < -0.3 is 14.7 Å². The largest absolute Gasteiger partial charge is 0.306 e. The summed E-state index contributed by atoms with van der Waals surface area (Å²) < 4.78 is 0. The molecule has 0 unspecified atom stereocenters. The Morgan fingerprint density at radius 2 is 1.50 bits per heavy atom. The first-order valence-corrected chi connectivity index (χ1v) is 8.76. The second kappa shape index (κ2) is 8.35. The van der Waals surface area contributed by atoms with Gasteiger partial charge in [0.25, 0.3) is 0 Å². The zero-order valence-electron chi connectivity index (χ0n) is 14.0. The molecular formula is C17H35N3. The molecule has 20 heavy (non-hydrogen) atoms. The van der Waals surface area contributed by atoms with Crippen molar-refractivity contribution in [2.75, 3.05) is 59.4 Å². The molecule has 0 radical (unpaired) electrons. The normalized spacial score (nSPS) is 24.6. The maximum Gasteiger partial charge on any atom is 0.0110 e. The van der Waals surface area contributed by atoms with E-state index < -0.39 is 0 Å². The molecule has 2 aliphatic rings. The van der Waals surface area contributed by atoms with Gasteiger partial charge in [0.1, 0.15) is 0 Å². The Morgan fingerprint density at radius 3 is 2.10 bits per heavy atom. The number of likely N-dealkylation sites (tertiary alicyclic amines) is 1. The van der Waals surface area contributed by atoms with Gasteiger partial charge in [-0.05, 0) is 64.2 Å². The summed E-state index contributed by atoms with van der Waals surface area (Å²) in [4.78, 5) is 7.80.